The van der Waals surface area contributed by atoms with Crippen LogP contribution in [0.2, 0.25) is 10.3 Å². The van der Waals surface area contributed by atoms with Crippen LogP contribution >= 0.6 is 23.2 Å². The summed E-state index contributed by atoms with van der Waals surface area (Å²) >= 11 is 11.6. The van der Waals surface area contributed by atoms with Gasteiger partial charge in [0.2, 0.25) is 0 Å². The minimum Gasteiger partial charge on any atom is -0.347 e. The number of hydrogen-bond donors (Lipinski definition) is 1. The summed E-state index contributed by atoms with van der Waals surface area (Å²) in [6, 6.07) is 6.23. The van der Waals surface area contributed by atoms with E-state index in [2.05, 4.69) is 29.1 Å². The molecule has 2 amide bonds. The van der Waals surface area contributed by atoms with E-state index < -0.39 is 0 Å². The zero-order valence-corrected chi connectivity index (χ0v) is 17.7. The maximum atomic E-state index is 12.8. The van der Waals surface area contributed by atoms with Crippen molar-refractivity contribution in [1.82, 2.24) is 20.2 Å². The first-order valence-corrected chi connectivity index (χ1v) is 9.89. The third kappa shape index (κ3) is 6.46. The first-order valence-electron chi connectivity index (χ1n) is 9.13. The van der Waals surface area contributed by atoms with Crippen molar-refractivity contribution in [3.63, 3.8) is 0 Å². The van der Waals surface area contributed by atoms with Crippen molar-refractivity contribution in [3.05, 3.63) is 58.1 Å². The molecule has 0 aromatic carbocycles. The summed E-state index contributed by atoms with van der Waals surface area (Å²) < 4.78 is 0. The molecule has 1 unspecified atom stereocenters. The number of carbonyl (C=O) groups is 2. The number of carbonyl (C=O) groups excluding carboxylic acids is 2. The summed E-state index contributed by atoms with van der Waals surface area (Å²) in [4.78, 5) is 35.0. The lowest BCUT2D eigenvalue weighted by Gasteiger charge is -2.28. The van der Waals surface area contributed by atoms with E-state index in [0.717, 1.165) is 6.42 Å². The molecule has 8 heteroatoms. The van der Waals surface area contributed by atoms with Gasteiger partial charge in [-0.2, -0.15) is 0 Å². The van der Waals surface area contributed by atoms with Crippen LogP contribution in [0.3, 0.4) is 0 Å². The second-order valence-electron chi connectivity index (χ2n) is 6.88. The van der Waals surface area contributed by atoms with E-state index in [1.807, 2.05) is 6.92 Å². The van der Waals surface area contributed by atoms with Crippen molar-refractivity contribution in [3.8, 4) is 0 Å². The van der Waals surface area contributed by atoms with Crippen LogP contribution in [0.15, 0.2) is 36.7 Å². The Balaban J connectivity index is 2.12. The van der Waals surface area contributed by atoms with Gasteiger partial charge < -0.3 is 10.2 Å². The second-order valence-corrected chi connectivity index (χ2v) is 7.66. The molecule has 28 heavy (non-hydrogen) atoms. The van der Waals surface area contributed by atoms with Crippen LogP contribution in [0.1, 0.15) is 47.9 Å². The maximum Gasteiger partial charge on any atom is 0.255 e. The Hall–Kier alpha value is -2.18. The number of hydrogen-bond acceptors (Lipinski definition) is 4. The molecule has 2 aromatic heterocycles. The van der Waals surface area contributed by atoms with Crippen molar-refractivity contribution in [2.75, 3.05) is 13.1 Å². The maximum absolute atomic E-state index is 12.8. The number of aromatic nitrogens is 2. The molecule has 0 aliphatic rings. The van der Waals surface area contributed by atoms with E-state index in [9.17, 15) is 9.59 Å². The zero-order chi connectivity index (χ0) is 20.7. The lowest BCUT2D eigenvalue weighted by Crippen LogP contribution is -2.46. The standard InChI is InChI=1S/C20H24Cl2N4O2/c1-4-26(20(28)15-6-8-18(22)24-11-15)12-16(9-13(2)3)25-19(27)14-5-7-17(21)23-10-14/h5-8,10-11,13,16H,4,9,12H2,1-3H3,(H,25,27). The van der Waals surface area contributed by atoms with Gasteiger partial charge in [0.05, 0.1) is 11.1 Å². The van der Waals surface area contributed by atoms with Crippen molar-refractivity contribution in [2.45, 2.75) is 33.2 Å². The molecule has 0 bridgehead atoms. The predicted octanol–water partition coefficient (Wildman–Crippen LogP) is 4.09. The summed E-state index contributed by atoms with van der Waals surface area (Å²) in [6.45, 7) is 6.95. The van der Waals surface area contributed by atoms with Gasteiger partial charge >= 0.3 is 0 Å². The first kappa shape index (κ1) is 22.1. The third-order valence-electron chi connectivity index (χ3n) is 4.16. The van der Waals surface area contributed by atoms with E-state index in [-0.39, 0.29) is 17.9 Å². The molecule has 0 saturated carbocycles. The molecule has 2 aromatic rings. The van der Waals surface area contributed by atoms with Gasteiger partial charge in [0.15, 0.2) is 0 Å². The normalized spacial score (nSPS) is 11.9. The average molecular weight is 423 g/mol. The Kier molecular flexibility index (Phi) is 8.20. The van der Waals surface area contributed by atoms with Crippen LogP contribution in [0, 0.1) is 5.92 Å². The van der Waals surface area contributed by atoms with Crippen LogP contribution in [0.25, 0.3) is 0 Å². The molecule has 0 radical (unpaired) electrons. The van der Waals surface area contributed by atoms with Gasteiger partial charge in [-0.1, -0.05) is 37.0 Å². The monoisotopic (exact) mass is 422 g/mol. The van der Waals surface area contributed by atoms with Gasteiger partial charge in [-0.25, -0.2) is 9.97 Å². The number of amides is 2. The molecule has 1 N–H and O–H groups in total. The lowest BCUT2D eigenvalue weighted by atomic mass is 10.0. The minimum atomic E-state index is -0.244. The van der Waals surface area contributed by atoms with E-state index in [1.54, 1.807) is 29.2 Å². The van der Waals surface area contributed by atoms with Crippen LogP contribution in [0.4, 0.5) is 0 Å². The molecule has 6 nitrogen and oxygen atoms in total. The number of nitrogens with zero attached hydrogens (tertiary/aromatic N) is 3. The van der Waals surface area contributed by atoms with Crippen LogP contribution < -0.4 is 5.32 Å². The van der Waals surface area contributed by atoms with Gasteiger partial charge in [-0.15, -0.1) is 0 Å². The van der Waals surface area contributed by atoms with Gasteiger partial charge in [0.25, 0.3) is 11.8 Å². The number of nitrogens with one attached hydrogen (secondary N) is 1. The van der Waals surface area contributed by atoms with Crippen molar-refractivity contribution < 1.29 is 9.59 Å². The third-order valence-corrected chi connectivity index (χ3v) is 4.61. The Morgan fingerprint density at radius 2 is 1.61 bits per heavy atom. The molecule has 1 atom stereocenters. The average Bonchev–Trinajstić information content (AvgIpc) is 2.66. The Labute approximate surface area is 175 Å². The molecule has 0 aliphatic carbocycles. The van der Waals surface area contributed by atoms with Gasteiger partial charge in [-0.3, -0.25) is 9.59 Å². The van der Waals surface area contributed by atoms with Crippen molar-refractivity contribution in [1.29, 1.82) is 0 Å². The lowest BCUT2D eigenvalue weighted by molar-refractivity contribution is 0.0726. The zero-order valence-electron chi connectivity index (χ0n) is 16.2. The van der Waals surface area contributed by atoms with Gasteiger partial charge in [0, 0.05) is 31.5 Å². The van der Waals surface area contributed by atoms with E-state index in [1.165, 1.54) is 12.4 Å². The van der Waals surface area contributed by atoms with Gasteiger partial charge in [-0.05, 0) is 43.5 Å². The molecule has 2 rings (SSSR count). The molecule has 0 aliphatic heterocycles. The molecule has 2 heterocycles. The smallest absolute Gasteiger partial charge is 0.255 e. The highest BCUT2D eigenvalue weighted by Gasteiger charge is 2.22. The fourth-order valence-electron chi connectivity index (χ4n) is 2.83. The van der Waals surface area contributed by atoms with Gasteiger partial charge in [0.1, 0.15) is 10.3 Å². The number of rotatable bonds is 8. The topological polar surface area (TPSA) is 75.2 Å². The Morgan fingerprint density at radius 3 is 2.07 bits per heavy atom. The fraction of sp³-hybridized carbons (Fsp3) is 0.400. The fourth-order valence-corrected chi connectivity index (χ4v) is 3.06. The Morgan fingerprint density at radius 1 is 1.04 bits per heavy atom. The summed E-state index contributed by atoms with van der Waals surface area (Å²) in [5.41, 5.74) is 0.886. The van der Waals surface area contributed by atoms with Crippen LogP contribution in [0.5, 0.6) is 0 Å². The number of halogens is 2. The largest absolute Gasteiger partial charge is 0.347 e. The summed E-state index contributed by atoms with van der Waals surface area (Å²) in [7, 11) is 0. The van der Waals surface area contributed by atoms with E-state index in [4.69, 9.17) is 23.2 Å². The molecule has 0 fully saturated rings. The summed E-state index contributed by atoms with van der Waals surface area (Å²) in [5, 5.41) is 3.67. The molecular formula is C20H24Cl2N4O2. The molecule has 150 valence electrons. The SMILES string of the molecule is CCN(CC(CC(C)C)NC(=O)c1ccc(Cl)nc1)C(=O)c1ccc(Cl)nc1. The van der Waals surface area contributed by atoms with Crippen molar-refractivity contribution >= 4 is 35.0 Å². The number of likely N-dealkylation sites (N-methyl/N-ethyl adjacent to an activating group) is 1. The highest BCUT2D eigenvalue weighted by molar-refractivity contribution is 6.29. The van der Waals surface area contributed by atoms with Crippen LogP contribution in [-0.2, 0) is 0 Å². The second kappa shape index (κ2) is 10.4. The molecular weight excluding hydrogens is 399 g/mol. The quantitative estimate of drug-likeness (QED) is 0.649. The number of pyridine rings is 2. The van der Waals surface area contributed by atoms with Crippen LogP contribution in [-0.4, -0.2) is 45.8 Å². The van der Waals surface area contributed by atoms with E-state index >= 15 is 0 Å². The predicted molar refractivity (Wildman–Crippen MR) is 111 cm³/mol. The first-order chi connectivity index (χ1) is 13.3. The highest BCUT2D eigenvalue weighted by Crippen LogP contribution is 2.13. The van der Waals surface area contributed by atoms with Crippen molar-refractivity contribution in [2.24, 2.45) is 5.92 Å². The molecule has 0 spiro atoms. The summed E-state index contributed by atoms with van der Waals surface area (Å²) in [6.07, 6.45) is 3.63. The molecule has 0 saturated heterocycles. The Bertz CT molecular complexity index is 795. The minimum absolute atomic E-state index is 0.150. The van der Waals surface area contributed by atoms with E-state index in [0.29, 0.717) is 40.4 Å². The highest BCUT2D eigenvalue weighted by atomic mass is 35.5. The summed E-state index contributed by atoms with van der Waals surface area (Å²) in [5.74, 6) is -0.0473.